The topological polar surface area (TPSA) is 64.6 Å². The summed E-state index contributed by atoms with van der Waals surface area (Å²) in [5, 5.41) is 0. The largest absolute Gasteiger partial charge is 0.467 e. The molecular formula is C23H25NO4S2. The molecule has 0 aliphatic carbocycles. The fourth-order valence-electron chi connectivity index (χ4n) is 3.07. The van der Waals surface area contributed by atoms with Crippen LogP contribution >= 0.6 is 11.8 Å². The lowest BCUT2D eigenvalue weighted by atomic mass is 10.0. The summed E-state index contributed by atoms with van der Waals surface area (Å²) in [5.74, 6) is 0.684. The Labute approximate surface area is 182 Å². The van der Waals surface area contributed by atoms with Crippen molar-refractivity contribution in [3.05, 3.63) is 78.4 Å². The van der Waals surface area contributed by atoms with Gasteiger partial charge < -0.3 is 9.47 Å². The van der Waals surface area contributed by atoms with E-state index in [9.17, 15) is 8.42 Å². The van der Waals surface area contributed by atoms with Crippen LogP contribution in [0.5, 0.6) is 5.75 Å². The van der Waals surface area contributed by atoms with Crippen LogP contribution < -0.4 is 9.46 Å². The van der Waals surface area contributed by atoms with Crippen LogP contribution in [0.1, 0.15) is 5.56 Å². The summed E-state index contributed by atoms with van der Waals surface area (Å²) in [6.45, 7) is 0.387. The van der Waals surface area contributed by atoms with Gasteiger partial charge in [0, 0.05) is 18.6 Å². The lowest BCUT2D eigenvalue weighted by molar-refractivity contribution is 0.0505. The van der Waals surface area contributed by atoms with E-state index in [1.807, 2.05) is 36.6 Å². The van der Waals surface area contributed by atoms with Crippen LogP contribution in [0.4, 0.5) is 0 Å². The molecule has 5 nitrogen and oxygen atoms in total. The molecule has 3 aromatic carbocycles. The monoisotopic (exact) mass is 443 g/mol. The molecule has 0 radical (unpaired) electrons. The third-order valence-electron chi connectivity index (χ3n) is 4.56. The third-order valence-corrected chi connectivity index (χ3v) is 6.83. The minimum Gasteiger partial charge on any atom is -0.467 e. The average Bonchev–Trinajstić information content (AvgIpc) is 2.78. The molecule has 0 atom stereocenters. The summed E-state index contributed by atoms with van der Waals surface area (Å²) in [6.07, 6.45) is 2.55. The van der Waals surface area contributed by atoms with E-state index in [2.05, 4.69) is 16.9 Å². The van der Waals surface area contributed by atoms with Crippen LogP contribution in [0.15, 0.2) is 82.6 Å². The van der Waals surface area contributed by atoms with Crippen LogP contribution in [-0.4, -0.2) is 35.1 Å². The molecule has 0 heterocycles. The van der Waals surface area contributed by atoms with E-state index < -0.39 is 10.0 Å². The Morgan fingerprint density at radius 3 is 2.43 bits per heavy atom. The van der Waals surface area contributed by atoms with Gasteiger partial charge in [-0.05, 0) is 53.6 Å². The van der Waals surface area contributed by atoms with Crippen molar-refractivity contribution in [1.29, 1.82) is 0 Å². The van der Waals surface area contributed by atoms with Gasteiger partial charge in [-0.15, -0.1) is 11.8 Å². The van der Waals surface area contributed by atoms with Crippen LogP contribution in [0.2, 0.25) is 0 Å². The predicted molar refractivity (Wildman–Crippen MR) is 121 cm³/mol. The van der Waals surface area contributed by atoms with Crippen LogP contribution in [0.3, 0.4) is 0 Å². The second-order valence-corrected chi connectivity index (χ2v) is 9.15. The number of hydrogen-bond donors (Lipinski definition) is 1. The van der Waals surface area contributed by atoms with E-state index in [-0.39, 0.29) is 18.2 Å². The molecule has 0 saturated carbocycles. The van der Waals surface area contributed by atoms with Crippen LogP contribution in [0.25, 0.3) is 11.1 Å². The molecule has 3 rings (SSSR count). The molecule has 0 spiro atoms. The summed E-state index contributed by atoms with van der Waals surface area (Å²) in [7, 11) is -1.97. The number of sulfonamides is 1. The second kappa shape index (κ2) is 10.6. The molecule has 1 N–H and O–H groups in total. The number of hydrogen-bond acceptors (Lipinski definition) is 5. The summed E-state index contributed by atoms with van der Waals surface area (Å²) in [5.41, 5.74) is 3.08. The SMILES string of the molecule is COCOc1cc(-c2ccccc2SC)ccc1CCNS(=O)(=O)c1ccccc1. The zero-order valence-electron chi connectivity index (χ0n) is 17.0. The standard InChI is InChI=1S/C23H25NO4S2/c1-27-17-28-22-16-19(21-10-6-7-11-23(21)29-2)13-12-18(22)14-15-24-30(25,26)20-8-4-3-5-9-20/h3-13,16,24H,14-15,17H2,1-2H3. The lowest BCUT2D eigenvalue weighted by Crippen LogP contribution is -2.26. The molecule has 3 aromatic rings. The van der Waals surface area contributed by atoms with Gasteiger partial charge in [-0.3, -0.25) is 0 Å². The Bertz CT molecular complexity index is 1070. The molecular weight excluding hydrogens is 418 g/mol. The molecule has 7 heteroatoms. The first-order valence-electron chi connectivity index (χ1n) is 9.48. The fourth-order valence-corrected chi connectivity index (χ4v) is 4.74. The molecule has 0 unspecified atom stereocenters. The number of rotatable bonds is 10. The minimum absolute atomic E-state index is 0.121. The van der Waals surface area contributed by atoms with Gasteiger partial charge in [-0.2, -0.15) is 0 Å². The average molecular weight is 444 g/mol. The number of methoxy groups -OCH3 is 1. The Morgan fingerprint density at radius 1 is 0.967 bits per heavy atom. The zero-order valence-corrected chi connectivity index (χ0v) is 18.6. The van der Waals surface area contributed by atoms with E-state index in [0.717, 1.165) is 16.7 Å². The van der Waals surface area contributed by atoms with Gasteiger partial charge in [-0.25, -0.2) is 13.1 Å². The zero-order chi connectivity index (χ0) is 21.4. The normalized spacial score (nSPS) is 11.4. The number of nitrogens with one attached hydrogen (secondary N) is 1. The van der Waals surface area contributed by atoms with Gasteiger partial charge in [0.05, 0.1) is 4.90 Å². The van der Waals surface area contributed by atoms with E-state index in [0.29, 0.717) is 12.2 Å². The van der Waals surface area contributed by atoms with Crippen molar-refractivity contribution in [2.75, 3.05) is 26.7 Å². The van der Waals surface area contributed by atoms with Gasteiger partial charge in [0.1, 0.15) is 5.75 Å². The number of benzene rings is 3. The predicted octanol–water partition coefficient (Wildman–Crippen LogP) is 4.58. The highest BCUT2D eigenvalue weighted by Gasteiger charge is 2.14. The highest BCUT2D eigenvalue weighted by Crippen LogP contribution is 2.33. The van der Waals surface area contributed by atoms with Crippen LogP contribution in [-0.2, 0) is 21.2 Å². The Kier molecular flexibility index (Phi) is 7.93. The van der Waals surface area contributed by atoms with Gasteiger partial charge in [-0.1, -0.05) is 48.5 Å². The summed E-state index contributed by atoms with van der Waals surface area (Å²) in [6, 6.07) is 22.5. The Balaban J connectivity index is 1.79. The van der Waals surface area contributed by atoms with Gasteiger partial charge in [0.25, 0.3) is 0 Å². The maximum Gasteiger partial charge on any atom is 0.240 e. The number of thioether (sulfide) groups is 1. The second-order valence-electron chi connectivity index (χ2n) is 6.53. The Hall–Kier alpha value is -2.32. The molecule has 0 aromatic heterocycles. The summed E-state index contributed by atoms with van der Waals surface area (Å²) >= 11 is 1.69. The van der Waals surface area contributed by atoms with Gasteiger partial charge in [0.2, 0.25) is 10.0 Å². The van der Waals surface area contributed by atoms with E-state index in [1.54, 1.807) is 49.2 Å². The first-order chi connectivity index (χ1) is 14.5. The van der Waals surface area contributed by atoms with E-state index in [1.165, 1.54) is 4.90 Å². The van der Waals surface area contributed by atoms with Crippen molar-refractivity contribution in [2.45, 2.75) is 16.2 Å². The smallest absolute Gasteiger partial charge is 0.240 e. The van der Waals surface area contributed by atoms with Crippen molar-refractivity contribution in [3.8, 4) is 16.9 Å². The molecule has 0 amide bonds. The first-order valence-corrected chi connectivity index (χ1v) is 12.2. The third kappa shape index (κ3) is 5.64. The van der Waals surface area contributed by atoms with Crippen molar-refractivity contribution >= 4 is 21.8 Å². The van der Waals surface area contributed by atoms with Crippen molar-refractivity contribution < 1.29 is 17.9 Å². The molecule has 158 valence electrons. The summed E-state index contributed by atoms with van der Waals surface area (Å²) in [4.78, 5) is 1.43. The Morgan fingerprint density at radius 2 is 1.70 bits per heavy atom. The molecule has 30 heavy (non-hydrogen) atoms. The van der Waals surface area contributed by atoms with Gasteiger partial charge in [0.15, 0.2) is 6.79 Å². The van der Waals surface area contributed by atoms with Crippen molar-refractivity contribution in [1.82, 2.24) is 4.72 Å². The van der Waals surface area contributed by atoms with Crippen LogP contribution in [0, 0.1) is 0 Å². The maximum absolute atomic E-state index is 12.4. The molecule has 0 aliphatic heterocycles. The lowest BCUT2D eigenvalue weighted by Gasteiger charge is -2.15. The first kappa shape index (κ1) is 22.4. The minimum atomic E-state index is -3.54. The quantitative estimate of drug-likeness (QED) is 0.367. The maximum atomic E-state index is 12.4. The van der Waals surface area contributed by atoms with Gasteiger partial charge >= 0.3 is 0 Å². The molecule has 0 saturated heterocycles. The molecule has 0 fully saturated rings. The fraction of sp³-hybridized carbons (Fsp3) is 0.217. The van der Waals surface area contributed by atoms with Crippen molar-refractivity contribution in [3.63, 3.8) is 0 Å². The number of ether oxygens (including phenoxy) is 2. The molecule has 0 aliphatic rings. The van der Waals surface area contributed by atoms with E-state index >= 15 is 0 Å². The summed E-state index contributed by atoms with van der Waals surface area (Å²) < 4.78 is 38.4. The van der Waals surface area contributed by atoms with E-state index in [4.69, 9.17) is 9.47 Å². The van der Waals surface area contributed by atoms with Crippen molar-refractivity contribution in [2.24, 2.45) is 0 Å². The highest BCUT2D eigenvalue weighted by molar-refractivity contribution is 7.98. The molecule has 0 bridgehead atoms. The highest BCUT2D eigenvalue weighted by atomic mass is 32.2.